The second-order valence-corrected chi connectivity index (χ2v) is 11.8. The summed E-state index contributed by atoms with van der Waals surface area (Å²) in [6.45, 7) is 3.05. The molecule has 3 heterocycles. The summed E-state index contributed by atoms with van der Waals surface area (Å²) in [5.74, 6) is 0.101. The van der Waals surface area contributed by atoms with Crippen LogP contribution in [0.4, 0.5) is 14.6 Å². The second-order valence-electron chi connectivity index (χ2n) is 11.3. The van der Waals surface area contributed by atoms with Crippen LogP contribution >= 0.6 is 11.6 Å². The number of halogens is 3. The number of hydrogen-bond acceptors (Lipinski definition) is 6. The van der Waals surface area contributed by atoms with E-state index in [1.54, 1.807) is 26.1 Å². The van der Waals surface area contributed by atoms with Crippen molar-refractivity contribution >= 4 is 29.2 Å². The molecule has 5 rings (SSSR count). The van der Waals surface area contributed by atoms with Crippen LogP contribution in [0.3, 0.4) is 0 Å². The van der Waals surface area contributed by atoms with E-state index < -0.39 is 17.6 Å². The SMILES string of the molecule is CC(C)(Oc1ccc(Cl)cc1C(F)F)C(=O)NC1CC2CCC(C1)N2c1ccc(C(=O)NC2(CO)CC2)cn1. The lowest BCUT2D eigenvalue weighted by molar-refractivity contribution is -0.135. The van der Waals surface area contributed by atoms with Crippen molar-refractivity contribution in [3.05, 3.63) is 52.7 Å². The van der Waals surface area contributed by atoms with Gasteiger partial charge in [0.05, 0.1) is 23.3 Å². The third-order valence-corrected chi connectivity index (χ3v) is 8.23. The summed E-state index contributed by atoms with van der Waals surface area (Å²) >= 11 is 5.86. The third kappa shape index (κ3) is 5.82. The van der Waals surface area contributed by atoms with E-state index in [-0.39, 0.29) is 52.9 Å². The number of aromatic nitrogens is 1. The van der Waals surface area contributed by atoms with Crippen LogP contribution in [-0.2, 0) is 4.79 Å². The van der Waals surface area contributed by atoms with Gasteiger partial charge in [-0.1, -0.05) is 11.6 Å². The topological polar surface area (TPSA) is 104 Å². The van der Waals surface area contributed by atoms with Crippen molar-refractivity contribution in [2.45, 2.75) is 88.1 Å². The molecule has 2 aromatic rings. The molecule has 3 aliphatic rings. The van der Waals surface area contributed by atoms with Gasteiger partial charge in [-0.2, -0.15) is 0 Å². The summed E-state index contributed by atoms with van der Waals surface area (Å²) in [5, 5.41) is 15.6. The van der Waals surface area contributed by atoms with Crippen LogP contribution in [-0.4, -0.2) is 57.8 Å². The number of carbonyl (C=O) groups excluding carboxylic acids is 2. The number of pyridine rings is 1. The van der Waals surface area contributed by atoms with Gasteiger partial charge in [0.25, 0.3) is 18.2 Å². The van der Waals surface area contributed by atoms with E-state index in [9.17, 15) is 23.5 Å². The van der Waals surface area contributed by atoms with E-state index in [1.165, 1.54) is 12.1 Å². The summed E-state index contributed by atoms with van der Waals surface area (Å²) in [5.41, 5.74) is -1.77. The van der Waals surface area contributed by atoms with E-state index in [0.29, 0.717) is 18.4 Å². The number of benzene rings is 1. The standard InChI is InChI=1S/C28H33ClF2N4O4/c1-27(2,39-22-7-4-17(29)11-21(22)24(30)31)26(38)33-18-12-19-5-6-20(13-18)35(19)23-8-3-16(14-32-23)25(37)34-28(15-36)9-10-28/h3-4,7-8,11,14,18-20,24,36H,5-6,9-10,12-13,15H2,1-2H3,(H,33,38)(H,34,37). The van der Waals surface area contributed by atoms with Crippen molar-refractivity contribution in [3.8, 4) is 5.75 Å². The van der Waals surface area contributed by atoms with Crippen LogP contribution in [0.25, 0.3) is 0 Å². The molecule has 1 aromatic carbocycles. The number of fused-ring (bicyclic) bond motifs is 2. The Labute approximate surface area is 231 Å². The second kappa shape index (κ2) is 10.5. The van der Waals surface area contributed by atoms with Crippen LogP contribution in [0.1, 0.15) is 74.7 Å². The van der Waals surface area contributed by atoms with Gasteiger partial charge in [-0.3, -0.25) is 9.59 Å². The number of nitrogens with zero attached hydrogens (tertiary/aromatic N) is 2. The van der Waals surface area contributed by atoms with Crippen molar-refractivity contribution in [3.63, 3.8) is 0 Å². The minimum absolute atomic E-state index is 0.0692. The molecule has 210 valence electrons. The molecular formula is C28H33ClF2N4O4. The first kappa shape index (κ1) is 27.6. The van der Waals surface area contributed by atoms with Gasteiger partial charge in [0.2, 0.25) is 0 Å². The zero-order valence-corrected chi connectivity index (χ0v) is 22.7. The van der Waals surface area contributed by atoms with Crippen molar-refractivity contribution < 1.29 is 28.2 Å². The highest BCUT2D eigenvalue weighted by atomic mass is 35.5. The van der Waals surface area contributed by atoms with E-state index >= 15 is 0 Å². The fraction of sp³-hybridized carbons (Fsp3) is 0.536. The van der Waals surface area contributed by atoms with Gasteiger partial charge in [0.15, 0.2) is 5.60 Å². The maximum atomic E-state index is 13.5. The van der Waals surface area contributed by atoms with Crippen LogP contribution < -0.4 is 20.3 Å². The molecule has 2 amide bonds. The van der Waals surface area contributed by atoms with Crippen LogP contribution in [0.5, 0.6) is 5.75 Å². The average molecular weight is 563 g/mol. The molecular weight excluding hydrogens is 530 g/mol. The first-order valence-electron chi connectivity index (χ1n) is 13.3. The molecule has 3 fully saturated rings. The van der Waals surface area contributed by atoms with Gasteiger partial charge in [0.1, 0.15) is 11.6 Å². The molecule has 39 heavy (non-hydrogen) atoms. The lowest BCUT2D eigenvalue weighted by Gasteiger charge is -2.41. The van der Waals surface area contributed by atoms with E-state index in [1.807, 2.05) is 6.07 Å². The molecule has 0 radical (unpaired) electrons. The number of rotatable bonds is 9. The molecule has 1 aliphatic carbocycles. The minimum Gasteiger partial charge on any atom is -0.478 e. The highest BCUT2D eigenvalue weighted by Gasteiger charge is 2.45. The Morgan fingerprint density at radius 1 is 1.21 bits per heavy atom. The zero-order valence-electron chi connectivity index (χ0n) is 21.9. The highest BCUT2D eigenvalue weighted by molar-refractivity contribution is 6.30. The monoisotopic (exact) mass is 562 g/mol. The number of anilines is 1. The number of ether oxygens (including phenoxy) is 1. The molecule has 3 N–H and O–H groups in total. The lowest BCUT2D eigenvalue weighted by Crippen LogP contribution is -2.55. The van der Waals surface area contributed by atoms with Gasteiger partial charge in [0, 0.05) is 29.3 Å². The summed E-state index contributed by atoms with van der Waals surface area (Å²) in [6, 6.07) is 7.82. The molecule has 1 aromatic heterocycles. The fourth-order valence-electron chi connectivity index (χ4n) is 5.59. The first-order chi connectivity index (χ1) is 18.5. The molecule has 0 spiro atoms. The first-order valence-corrected chi connectivity index (χ1v) is 13.6. The lowest BCUT2D eigenvalue weighted by atomic mass is 9.96. The number of aliphatic hydroxyl groups excluding tert-OH is 1. The van der Waals surface area contributed by atoms with Crippen LogP contribution in [0.15, 0.2) is 36.5 Å². The molecule has 8 nitrogen and oxygen atoms in total. The van der Waals surface area contributed by atoms with Gasteiger partial charge in [-0.15, -0.1) is 0 Å². The Balaban J connectivity index is 1.20. The largest absolute Gasteiger partial charge is 0.478 e. The number of hydrogen-bond donors (Lipinski definition) is 3. The van der Waals surface area contributed by atoms with Gasteiger partial charge in [-0.05, 0) is 82.7 Å². The number of carbonyl (C=O) groups is 2. The Hall–Kier alpha value is -2.98. The molecule has 2 bridgehead atoms. The molecule has 11 heteroatoms. The summed E-state index contributed by atoms with van der Waals surface area (Å²) in [7, 11) is 0. The predicted molar refractivity (Wildman–Crippen MR) is 142 cm³/mol. The molecule has 2 unspecified atom stereocenters. The maximum absolute atomic E-state index is 13.5. The van der Waals surface area contributed by atoms with Crippen molar-refractivity contribution in [2.24, 2.45) is 0 Å². The van der Waals surface area contributed by atoms with Crippen molar-refractivity contribution in [2.75, 3.05) is 11.5 Å². The number of amides is 2. The molecule has 2 atom stereocenters. The number of piperidine rings is 1. The summed E-state index contributed by atoms with van der Waals surface area (Å²) in [6.07, 6.45) is 3.67. The van der Waals surface area contributed by atoms with Gasteiger partial charge < -0.3 is 25.4 Å². The smallest absolute Gasteiger partial charge is 0.267 e. The van der Waals surface area contributed by atoms with E-state index in [2.05, 4.69) is 20.5 Å². The van der Waals surface area contributed by atoms with Gasteiger partial charge >= 0.3 is 0 Å². The Morgan fingerprint density at radius 3 is 2.46 bits per heavy atom. The summed E-state index contributed by atoms with van der Waals surface area (Å²) < 4.78 is 32.8. The zero-order chi connectivity index (χ0) is 27.9. The normalized spacial score (nSPS) is 23.5. The van der Waals surface area contributed by atoms with Crippen molar-refractivity contribution in [1.29, 1.82) is 0 Å². The average Bonchev–Trinajstić information content (AvgIpc) is 3.62. The van der Waals surface area contributed by atoms with Crippen LogP contribution in [0, 0.1) is 0 Å². The third-order valence-electron chi connectivity index (χ3n) is 8.00. The summed E-state index contributed by atoms with van der Waals surface area (Å²) in [4.78, 5) is 32.5. The fourth-order valence-corrected chi connectivity index (χ4v) is 5.77. The highest BCUT2D eigenvalue weighted by Crippen LogP contribution is 2.39. The van der Waals surface area contributed by atoms with Crippen LogP contribution in [0.2, 0.25) is 5.02 Å². The van der Waals surface area contributed by atoms with E-state index in [4.69, 9.17) is 16.3 Å². The minimum atomic E-state index is -2.79. The maximum Gasteiger partial charge on any atom is 0.267 e. The predicted octanol–water partition coefficient (Wildman–Crippen LogP) is 4.40. The Morgan fingerprint density at radius 2 is 1.90 bits per heavy atom. The Bertz CT molecular complexity index is 1220. The molecule has 1 saturated carbocycles. The molecule has 2 aliphatic heterocycles. The van der Waals surface area contributed by atoms with E-state index in [0.717, 1.165) is 37.6 Å². The Kier molecular flexibility index (Phi) is 7.45. The quantitative estimate of drug-likeness (QED) is 0.418. The van der Waals surface area contributed by atoms with Gasteiger partial charge in [-0.25, -0.2) is 13.8 Å². The van der Waals surface area contributed by atoms with Crippen molar-refractivity contribution in [1.82, 2.24) is 15.6 Å². The number of alkyl halides is 2. The number of nitrogens with one attached hydrogen (secondary N) is 2. The molecule has 2 saturated heterocycles. The number of aliphatic hydroxyl groups is 1.